The minimum absolute atomic E-state index is 0.0860. The van der Waals surface area contributed by atoms with Gasteiger partial charge in [-0.1, -0.05) is 48.5 Å². The molecule has 44 heavy (non-hydrogen) atoms. The van der Waals surface area contributed by atoms with Gasteiger partial charge in [-0.15, -0.1) is 0 Å². The number of carbonyl (C=O) groups is 1. The molecule has 7 nitrogen and oxygen atoms in total. The molecule has 0 unspecified atom stereocenters. The lowest BCUT2D eigenvalue weighted by molar-refractivity contribution is -0.137. The largest absolute Gasteiger partial charge is 0.493 e. The number of carbonyl (C=O) groups excluding carboxylic acids is 1. The molecule has 4 aromatic rings. The first kappa shape index (κ1) is 31.5. The summed E-state index contributed by atoms with van der Waals surface area (Å²) in [6.45, 7) is 2.71. The minimum atomic E-state index is -4.57. The van der Waals surface area contributed by atoms with Crippen molar-refractivity contribution in [2.75, 3.05) is 19.0 Å². The Hall–Kier alpha value is -5.43. The second kappa shape index (κ2) is 14.6. The molecule has 4 rings (SSSR count). The Balaban J connectivity index is 1.45. The number of ether oxygens (including phenoxy) is 4. The van der Waals surface area contributed by atoms with Crippen molar-refractivity contribution in [3.8, 4) is 29.1 Å². The molecule has 0 radical (unpaired) electrons. The number of rotatable bonds is 12. The highest BCUT2D eigenvalue weighted by atomic mass is 19.4. The van der Waals surface area contributed by atoms with E-state index in [1.807, 2.05) is 48.5 Å². The van der Waals surface area contributed by atoms with Gasteiger partial charge in [0.15, 0.2) is 23.0 Å². The van der Waals surface area contributed by atoms with Crippen LogP contribution in [0.2, 0.25) is 0 Å². The number of nitriles is 1. The van der Waals surface area contributed by atoms with Crippen molar-refractivity contribution in [2.45, 2.75) is 26.3 Å². The number of nitrogens with one attached hydrogen (secondary N) is 1. The summed E-state index contributed by atoms with van der Waals surface area (Å²) < 4.78 is 62.3. The van der Waals surface area contributed by atoms with Gasteiger partial charge in [-0.05, 0) is 72.2 Å². The van der Waals surface area contributed by atoms with Crippen LogP contribution in [0.1, 0.15) is 29.2 Å². The van der Waals surface area contributed by atoms with Crippen molar-refractivity contribution in [1.82, 2.24) is 0 Å². The fourth-order valence-corrected chi connectivity index (χ4v) is 4.11. The highest BCUT2D eigenvalue weighted by molar-refractivity contribution is 6.09. The van der Waals surface area contributed by atoms with E-state index in [-0.39, 0.29) is 17.9 Å². The molecule has 10 heteroatoms. The van der Waals surface area contributed by atoms with Crippen LogP contribution in [-0.4, -0.2) is 19.6 Å². The average molecular weight is 603 g/mol. The highest BCUT2D eigenvalue weighted by Gasteiger charge is 2.30. The third kappa shape index (κ3) is 8.55. The Morgan fingerprint density at radius 1 is 0.818 bits per heavy atom. The van der Waals surface area contributed by atoms with E-state index in [1.54, 1.807) is 38.3 Å². The molecule has 0 spiro atoms. The summed E-state index contributed by atoms with van der Waals surface area (Å²) in [6, 6.07) is 26.1. The number of nitrogens with zero attached hydrogens (tertiary/aromatic N) is 1. The molecule has 0 aliphatic rings. The van der Waals surface area contributed by atoms with Gasteiger partial charge in [0.1, 0.15) is 24.9 Å². The van der Waals surface area contributed by atoms with Crippen LogP contribution < -0.4 is 24.3 Å². The average Bonchev–Trinajstić information content (AvgIpc) is 3.02. The van der Waals surface area contributed by atoms with Crippen molar-refractivity contribution >= 4 is 17.7 Å². The van der Waals surface area contributed by atoms with Crippen LogP contribution in [0.3, 0.4) is 0 Å². The number of anilines is 1. The van der Waals surface area contributed by atoms with Crippen molar-refractivity contribution in [3.05, 3.63) is 119 Å². The van der Waals surface area contributed by atoms with Crippen LogP contribution >= 0.6 is 0 Å². The maximum atomic E-state index is 13.0. The van der Waals surface area contributed by atoms with Crippen molar-refractivity contribution in [3.63, 3.8) is 0 Å². The second-order valence-corrected chi connectivity index (χ2v) is 9.39. The molecular formula is C34H29F3N2O5. The van der Waals surface area contributed by atoms with E-state index in [0.717, 1.165) is 23.3 Å². The lowest BCUT2D eigenvalue weighted by Crippen LogP contribution is -2.14. The molecular weight excluding hydrogens is 573 g/mol. The molecule has 0 saturated carbocycles. The Labute approximate surface area is 253 Å². The monoisotopic (exact) mass is 602 g/mol. The quantitative estimate of drug-likeness (QED) is 0.131. The molecule has 0 atom stereocenters. The smallest absolute Gasteiger partial charge is 0.416 e. The van der Waals surface area contributed by atoms with Crippen LogP contribution in [0.4, 0.5) is 18.9 Å². The first-order valence-electron chi connectivity index (χ1n) is 13.5. The predicted molar refractivity (Wildman–Crippen MR) is 159 cm³/mol. The van der Waals surface area contributed by atoms with Crippen LogP contribution in [0.25, 0.3) is 6.08 Å². The van der Waals surface area contributed by atoms with Crippen LogP contribution in [0.5, 0.6) is 23.0 Å². The van der Waals surface area contributed by atoms with Gasteiger partial charge in [-0.25, -0.2) is 0 Å². The van der Waals surface area contributed by atoms with E-state index >= 15 is 0 Å². The Morgan fingerprint density at radius 3 is 2.20 bits per heavy atom. The molecule has 1 amide bonds. The topological polar surface area (TPSA) is 89.8 Å². The Bertz CT molecular complexity index is 1660. The van der Waals surface area contributed by atoms with Crippen LogP contribution in [-0.2, 0) is 24.2 Å². The van der Waals surface area contributed by atoms with Gasteiger partial charge in [-0.2, -0.15) is 18.4 Å². The van der Waals surface area contributed by atoms with Crippen LogP contribution in [0.15, 0.2) is 96.6 Å². The standard InChI is InChI=1S/C34H29F3N2O5/c1-3-42-32-17-24(16-26(20-38)33(40)39-28-11-7-10-27(19-28)34(35,36)37)12-14-30(32)44-22-25-13-15-29(31(18-25)41-2)43-21-23-8-5-4-6-9-23/h4-19H,3,21-22H2,1-2H3,(H,39,40)/b26-16+. The molecule has 0 aromatic heterocycles. The Morgan fingerprint density at radius 2 is 1.52 bits per heavy atom. The fraction of sp³-hybridized carbons (Fsp3) is 0.176. The normalized spacial score (nSPS) is 11.3. The SMILES string of the molecule is CCOc1cc(/C=C(\C#N)C(=O)Nc2cccc(C(F)(F)F)c2)ccc1OCc1ccc(OCc2ccccc2)c(OC)c1. The van der Waals surface area contributed by atoms with Crippen molar-refractivity contribution < 1.29 is 36.9 Å². The van der Waals surface area contributed by atoms with Gasteiger partial charge in [0.2, 0.25) is 0 Å². The van der Waals surface area contributed by atoms with Gasteiger partial charge in [0.05, 0.1) is 19.3 Å². The summed E-state index contributed by atoms with van der Waals surface area (Å²) in [5.74, 6) is 1.11. The predicted octanol–water partition coefficient (Wildman–Crippen LogP) is 7.82. The lowest BCUT2D eigenvalue weighted by Gasteiger charge is -2.15. The molecule has 0 heterocycles. The summed E-state index contributed by atoms with van der Waals surface area (Å²) in [6.07, 6.45) is -3.26. The van der Waals surface area contributed by atoms with Crippen molar-refractivity contribution in [2.24, 2.45) is 0 Å². The van der Waals surface area contributed by atoms with Gasteiger partial charge < -0.3 is 24.3 Å². The van der Waals surface area contributed by atoms with E-state index in [0.29, 0.717) is 41.8 Å². The third-order valence-corrected chi connectivity index (χ3v) is 6.25. The number of alkyl halides is 3. The summed E-state index contributed by atoms with van der Waals surface area (Å²) >= 11 is 0. The summed E-state index contributed by atoms with van der Waals surface area (Å²) in [7, 11) is 1.56. The zero-order chi connectivity index (χ0) is 31.5. The molecule has 0 saturated heterocycles. The zero-order valence-electron chi connectivity index (χ0n) is 24.0. The number of hydrogen-bond acceptors (Lipinski definition) is 6. The van der Waals surface area contributed by atoms with E-state index < -0.39 is 17.6 Å². The zero-order valence-corrected chi connectivity index (χ0v) is 24.0. The number of hydrogen-bond donors (Lipinski definition) is 1. The molecule has 0 aliphatic heterocycles. The first-order chi connectivity index (χ1) is 21.2. The molecule has 0 aliphatic carbocycles. The van der Waals surface area contributed by atoms with E-state index in [4.69, 9.17) is 18.9 Å². The van der Waals surface area contributed by atoms with E-state index in [9.17, 15) is 23.2 Å². The Kier molecular flexibility index (Phi) is 10.5. The molecule has 0 bridgehead atoms. The van der Waals surface area contributed by atoms with E-state index in [2.05, 4.69) is 5.32 Å². The fourth-order valence-electron chi connectivity index (χ4n) is 4.11. The summed E-state index contributed by atoms with van der Waals surface area (Å²) in [4.78, 5) is 12.7. The van der Waals surface area contributed by atoms with Gasteiger partial charge in [-0.3, -0.25) is 4.79 Å². The van der Waals surface area contributed by atoms with Crippen LogP contribution in [0, 0.1) is 11.3 Å². The number of halogens is 3. The number of methoxy groups -OCH3 is 1. The summed E-state index contributed by atoms with van der Waals surface area (Å²) in [5.41, 5.74) is 0.997. The molecule has 1 N–H and O–H groups in total. The molecule has 226 valence electrons. The molecule has 0 fully saturated rings. The van der Waals surface area contributed by atoms with Gasteiger partial charge >= 0.3 is 6.18 Å². The van der Waals surface area contributed by atoms with E-state index in [1.165, 1.54) is 18.2 Å². The third-order valence-electron chi connectivity index (χ3n) is 6.25. The van der Waals surface area contributed by atoms with Gasteiger partial charge in [0, 0.05) is 5.69 Å². The lowest BCUT2D eigenvalue weighted by atomic mass is 10.1. The summed E-state index contributed by atoms with van der Waals surface area (Å²) in [5, 5.41) is 11.9. The van der Waals surface area contributed by atoms with Crippen molar-refractivity contribution in [1.29, 1.82) is 5.26 Å². The minimum Gasteiger partial charge on any atom is -0.493 e. The van der Waals surface area contributed by atoms with Gasteiger partial charge in [0.25, 0.3) is 5.91 Å². The maximum absolute atomic E-state index is 13.0. The number of amides is 1. The molecule has 4 aromatic carbocycles. The maximum Gasteiger partial charge on any atom is 0.416 e. The highest BCUT2D eigenvalue weighted by Crippen LogP contribution is 2.33. The second-order valence-electron chi connectivity index (χ2n) is 9.39. The number of benzene rings is 4. The first-order valence-corrected chi connectivity index (χ1v) is 13.5.